The number of hydrogen-bond acceptors (Lipinski definition) is 7. The van der Waals surface area contributed by atoms with Gasteiger partial charge in [0.05, 0.1) is 17.7 Å². The van der Waals surface area contributed by atoms with Crippen LogP contribution in [0, 0.1) is 0 Å². The average Bonchev–Trinajstić information content (AvgIpc) is 3.13. The van der Waals surface area contributed by atoms with Crippen LogP contribution < -0.4 is 14.8 Å². The minimum absolute atomic E-state index is 0.0306. The summed E-state index contributed by atoms with van der Waals surface area (Å²) in [7, 11) is -2.53. The zero-order valence-corrected chi connectivity index (χ0v) is 19.9. The zero-order chi connectivity index (χ0) is 25.4. The largest absolute Gasteiger partial charge is 0.496 e. The number of carbonyl (C=O) groups excluding carboxylic acids is 2. The molecular weight excluding hydrogens is 486 g/mol. The molecule has 0 radical (unpaired) electrons. The number of halogens is 2. The standard InChI is InChI=1S/C23H26F2N2O7S/c1-32-19-11-10-16(35(30,31)27-12-6-2-3-7-13-27)14-17(19)22(29)33-15-21(28)26-18-8-4-5-9-20(18)34-23(24)25/h4-5,8-11,14,23H,2-3,6-7,12-13,15H2,1H3,(H,26,28). The number of carbonyl (C=O) groups is 2. The fraction of sp³-hybridized carbons (Fsp3) is 0.391. The maximum absolute atomic E-state index is 13.1. The normalized spacial score (nSPS) is 14.7. The summed E-state index contributed by atoms with van der Waals surface area (Å²) >= 11 is 0. The highest BCUT2D eigenvalue weighted by Gasteiger charge is 2.27. The van der Waals surface area contributed by atoms with Gasteiger partial charge in [0.1, 0.15) is 17.1 Å². The van der Waals surface area contributed by atoms with E-state index in [9.17, 15) is 26.8 Å². The maximum Gasteiger partial charge on any atom is 0.387 e. The van der Waals surface area contributed by atoms with Crippen LogP contribution in [-0.2, 0) is 19.6 Å². The summed E-state index contributed by atoms with van der Waals surface area (Å²) in [6, 6.07) is 9.40. The van der Waals surface area contributed by atoms with Crippen molar-refractivity contribution in [3.05, 3.63) is 48.0 Å². The SMILES string of the molecule is COc1ccc(S(=O)(=O)N2CCCCCC2)cc1C(=O)OCC(=O)Nc1ccccc1OC(F)F. The van der Waals surface area contributed by atoms with Gasteiger partial charge in [-0.25, -0.2) is 13.2 Å². The van der Waals surface area contributed by atoms with Crippen molar-refractivity contribution in [1.29, 1.82) is 0 Å². The molecule has 190 valence electrons. The second-order valence-electron chi connectivity index (χ2n) is 7.68. The molecule has 0 aliphatic carbocycles. The third-order valence-electron chi connectivity index (χ3n) is 5.31. The molecule has 1 aliphatic rings. The summed E-state index contributed by atoms with van der Waals surface area (Å²) in [5.74, 6) is -1.98. The number of nitrogens with zero attached hydrogens (tertiary/aromatic N) is 1. The Morgan fingerprint density at radius 1 is 1.03 bits per heavy atom. The topological polar surface area (TPSA) is 111 Å². The van der Waals surface area contributed by atoms with E-state index < -0.39 is 35.1 Å². The lowest BCUT2D eigenvalue weighted by atomic mass is 10.2. The summed E-state index contributed by atoms with van der Waals surface area (Å²) in [5.41, 5.74) is -0.199. The second-order valence-corrected chi connectivity index (χ2v) is 9.62. The molecule has 1 amide bonds. The smallest absolute Gasteiger partial charge is 0.387 e. The van der Waals surface area contributed by atoms with E-state index in [0.717, 1.165) is 31.7 Å². The van der Waals surface area contributed by atoms with E-state index in [0.29, 0.717) is 13.1 Å². The van der Waals surface area contributed by atoms with Crippen LogP contribution in [0.4, 0.5) is 14.5 Å². The van der Waals surface area contributed by atoms with Crippen molar-refractivity contribution >= 4 is 27.6 Å². The van der Waals surface area contributed by atoms with Gasteiger partial charge in [-0.3, -0.25) is 4.79 Å². The quantitative estimate of drug-likeness (QED) is 0.511. The van der Waals surface area contributed by atoms with Gasteiger partial charge in [0.2, 0.25) is 10.0 Å². The van der Waals surface area contributed by atoms with Crippen molar-refractivity contribution in [3.63, 3.8) is 0 Å². The molecule has 0 saturated carbocycles. The Bertz CT molecular complexity index is 1150. The molecule has 35 heavy (non-hydrogen) atoms. The van der Waals surface area contributed by atoms with Crippen molar-refractivity contribution in [2.75, 3.05) is 32.1 Å². The molecule has 1 N–H and O–H groups in total. The summed E-state index contributed by atoms with van der Waals surface area (Å²) < 4.78 is 67.2. The molecule has 0 spiro atoms. The van der Waals surface area contributed by atoms with Crippen LogP contribution >= 0.6 is 0 Å². The van der Waals surface area contributed by atoms with Crippen LogP contribution in [0.25, 0.3) is 0 Å². The molecule has 12 heteroatoms. The molecule has 1 heterocycles. The first-order valence-electron chi connectivity index (χ1n) is 10.9. The van der Waals surface area contributed by atoms with Crippen LogP contribution in [0.2, 0.25) is 0 Å². The molecule has 2 aromatic rings. The Morgan fingerprint density at radius 2 is 1.71 bits per heavy atom. The molecular formula is C23H26F2N2O7S. The van der Waals surface area contributed by atoms with Crippen LogP contribution in [0.3, 0.4) is 0 Å². The molecule has 1 fully saturated rings. The van der Waals surface area contributed by atoms with E-state index in [2.05, 4.69) is 10.1 Å². The Hall–Kier alpha value is -3.25. The van der Waals surface area contributed by atoms with Crippen LogP contribution in [0.15, 0.2) is 47.4 Å². The van der Waals surface area contributed by atoms with Gasteiger partial charge < -0.3 is 19.5 Å². The molecule has 1 saturated heterocycles. The van der Waals surface area contributed by atoms with Crippen LogP contribution in [-0.4, -0.2) is 58.0 Å². The predicted molar refractivity (Wildman–Crippen MR) is 122 cm³/mol. The van der Waals surface area contributed by atoms with Gasteiger partial charge in [-0.05, 0) is 43.2 Å². The lowest BCUT2D eigenvalue weighted by Gasteiger charge is -2.20. The van der Waals surface area contributed by atoms with Gasteiger partial charge in [0.25, 0.3) is 5.91 Å². The number of nitrogens with one attached hydrogen (secondary N) is 1. The molecule has 2 aromatic carbocycles. The van der Waals surface area contributed by atoms with E-state index in [-0.39, 0.29) is 27.6 Å². The van der Waals surface area contributed by atoms with E-state index in [1.807, 2.05) is 0 Å². The monoisotopic (exact) mass is 512 g/mol. The number of anilines is 1. The number of hydrogen-bond donors (Lipinski definition) is 1. The van der Waals surface area contributed by atoms with Crippen molar-refractivity contribution in [3.8, 4) is 11.5 Å². The second kappa shape index (κ2) is 11.9. The lowest BCUT2D eigenvalue weighted by molar-refractivity contribution is -0.119. The maximum atomic E-state index is 13.1. The van der Waals surface area contributed by atoms with Gasteiger partial charge in [0.15, 0.2) is 6.61 Å². The summed E-state index contributed by atoms with van der Waals surface area (Å²) in [6.07, 6.45) is 3.41. The Morgan fingerprint density at radius 3 is 2.37 bits per heavy atom. The van der Waals surface area contributed by atoms with Gasteiger partial charge in [-0.1, -0.05) is 25.0 Å². The molecule has 9 nitrogen and oxygen atoms in total. The Labute approximate surface area is 202 Å². The third-order valence-corrected chi connectivity index (χ3v) is 7.20. The van der Waals surface area contributed by atoms with Crippen LogP contribution in [0.5, 0.6) is 11.5 Å². The van der Waals surface area contributed by atoms with E-state index in [4.69, 9.17) is 9.47 Å². The van der Waals surface area contributed by atoms with E-state index in [1.165, 1.54) is 47.8 Å². The highest BCUT2D eigenvalue weighted by molar-refractivity contribution is 7.89. The molecule has 1 aliphatic heterocycles. The van der Waals surface area contributed by atoms with Gasteiger partial charge in [-0.15, -0.1) is 0 Å². The zero-order valence-electron chi connectivity index (χ0n) is 19.0. The molecule has 0 bridgehead atoms. The highest BCUT2D eigenvalue weighted by atomic mass is 32.2. The lowest BCUT2D eigenvalue weighted by Crippen LogP contribution is -2.32. The third kappa shape index (κ3) is 6.89. The Balaban J connectivity index is 1.72. The number of esters is 1. The van der Waals surface area contributed by atoms with Gasteiger partial charge >= 0.3 is 12.6 Å². The number of methoxy groups -OCH3 is 1. The highest BCUT2D eigenvalue weighted by Crippen LogP contribution is 2.27. The molecule has 3 rings (SSSR count). The van der Waals surface area contributed by atoms with Crippen molar-refractivity contribution in [2.45, 2.75) is 37.2 Å². The minimum atomic E-state index is -3.84. The fourth-order valence-electron chi connectivity index (χ4n) is 3.60. The first kappa shape index (κ1) is 26.4. The molecule has 0 atom stereocenters. The van der Waals surface area contributed by atoms with Gasteiger partial charge in [0, 0.05) is 13.1 Å². The number of sulfonamides is 1. The van der Waals surface area contributed by atoms with E-state index >= 15 is 0 Å². The van der Waals surface area contributed by atoms with E-state index in [1.54, 1.807) is 0 Å². The average molecular weight is 513 g/mol. The Kier molecular flexibility index (Phi) is 8.99. The molecule has 0 aromatic heterocycles. The van der Waals surface area contributed by atoms with Crippen molar-refractivity contribution in [2.24, 2.45) is 0 Å². The first-order chi connectivity index (χ1) is 16.7. The number of para-hydroxylation sites is 2. The number of benzene rings is 2. The number of rotatable bonds is 9. The summed E-state index contributed by atoms with van der Waals surface area (Å²) in [6.45, 7) is -3.05. The van der Waals surface area contributed by atoms with Crippen molar-refractivity contribution in [1.82, 2.24) is 4.31 Å². The molecule has 0 unspecified atom stereocenters. The predicted octanol–water partition coefficient (Wildman–Crippen LogP) is 3.66. The summed E-state index contributed by atoms with van der Waals surface area (Å²) in [4.78, 5) is 24.8. The summed E-state index contributed by atoms with van der Waals surface area (Å²) in [5, 5.41) is 2.33. The van der Waals surface area contributed by atoms with Crippen molar-refractivity contribution < 1.29 is 41.0 Å². The minimum Gasteiger partial charge on any atom is -0.496 e. The number of amides is 1. The number of alkyl halides is 2. The fourth-order valence-corrected chi connectivity index (χ4v) is 5.15. The van der Waals surface area contributed by atoms with Crippen LogP contribution in [0.1, 0.15) is 36.0 Å². The number of ether oxygens (including phenoxy) is 3. The van der Waals surface area contributed by atoms with Gasteiger partial charge in [-0.2, -0.15) is 13.1 Å². The first-order valence-corrected chi connectivity index (χ1v) is 12.4.